The highest BCUT2D eigenvalue weighted by atomic mass is 16.5. The number of carbonyl (C=O) groups is 3. The number of carbonyl (C=O) groups excluding carboxylic acids is 3. The molecule has 0 spiro atoms. The molecule has 0 bridgehead atoms. The Labute approximate surface area is 138 Å². The Kier molecular flexibility index (Phi) is 4.29. The first-order valence-corrected chi connectivity index (χ1v) is 7.49. The van der Waals surface area contributed by atoms with Gasteiger partial charge in [-0.05, 0) is 42.3 Å². The van der Waals surface area contributed by atoms with Crippen molar-refractivity contribution < 1.29 is 19.1 Å². The normalized spacial score (nSPS) is 12.5. The van der Waals surface area contributed by atoms with Crippen molar-refractivity contribution >= 4 is 23.4 Å². The van der Waals surface area contributed by atoms with Gasteiger partial charge in [-0.3, -0.25) is 19.7 Å². The van der Waals surface area contributed by atoms with Crippen LogP contribution in [0.4, 0.5) is 5.69 Å². The Morgan fingerprint density at radius 2 is 1.75 bits per heavy atom. The smallest absolute Gasteiger partial charge is 0.259 e. The molecule has 0 fully saturated rings. The number of methoxy groups -OCH3 is 1. The summed E-state index contributed by atoms with van der Waals surface area (Å²) in [6.45, 7) is 0. The van der Waals surface area contributed by atoms with Crippen LogP contribution >= 0.6 is 0 Å². The van der Waals surface area contributed by atoms with Gasteiger partial charge in [-0.25, -0.2) is 0 Å². The van der Waals surface area contributed by atoms with Crippen LogP contribution in [0, 0.1) is 0 Å². The van der Waals surface area contributed by atoms with Crippen LogP contribution in [0.1, 0.15) is 32.7 Å². The number of benzene rings is 2. The lowest BCUT2D eigenvalue weighted by atomic mass is 10.1. The molecule has 0 saturated carbocycles. The zero-order chi connectivity index (χ0) is 17.1. The summed E-state index contributed by atoms with van der Waals surface area (Å²) in [4.78, 5) is 35.2. The Morgan fingerprint density at radius 1 is 1.04 bits per heavy atom. The van der Waals surface area contributed by atoms with Gasteiger partial charge in [-0.1, -0.05) is 12.1 Å². The van der Waals surface area contributed by atoms with Gasteiger partial charge >= 0.3 is 0 Å². The van der Waals surface area contributed by atoms with Crippen LogP contribution in [0.5, 0.6) is 5.75 Å². The molecule has 3 rings (SSSR count). The zero-order valence-corrected chi connectivity index (χ0v) is 13.1. The standard InChI is InChI=1S/C18H16N2O4/c1-24-13-6-2-11(3-7-13)4-9-16(21)19-12-5-8-14-15(10-12)18(23)20-17(14)22/h2-3,5-8,10H,4,9H2,1H3,(H,19,21)(H,20,22,23). The number of aryl methyl sites for hydroxylation is 1. The van der Waals surface area contributed by atoms with Gasteiger partial charge in [0.05, 0.1) is 18.2 Å². The first-order valence-electron chi connectivity index (χ1n) is 7.49. The first kappa shape index (κ1) is 15.7. The number of anilines is 1. The van der Waals surface area contributed by atoms with E-state index in [1.54, 1.807) is 13.2 Å². The van der Waals surface area contributed by atoms with Crippen LogP contribution in [0.25, 0.3) is 0 Å². The van der Waals surface area contributed by atoms with Gasteiger partial charge in [0, 0.05) is 12.1 Å². The topological polar surface area (TPSA) is 84.5 Å². The van der Waals surface area contributed by atoms with E-state index in [-0.39, 0.29) is 11.5 Å². The minimum absolute atomic E-state index is 0.157. The molecular weight excluding hydrogens is 308 g/mol. The van der Waals surface area contributed by atoms with Gasteiger partial charge < -0.3 is 10.1 Å². The Balaban J connectivity index is 1.60. The predicted molar refractivity (Wildman–Crippen MR) is 88.2 cm³/mol. The highest BCUT2D eigenvalue weighted by Crippen LogP contribution is 2.20. The number of hydrogen-bond donors (Lipinski definition) is 2. The van der Waals surface area contributed by atoms with Crippen LogP contribution < -0.4 is 15.4 Å². The molecule has 1 aliphatic rings. The quantitative estimate of drug-likeness (QED) is 0.825. The van der Waals surface area contributed by atoms with E-state index in [1.807, 2.05) is 24.3 Å². The fraction of sp³-hybridized carbons (Fsp3) is 0.167. The third-order valence-corrected chi connectivity index (χ3v) is 3.82. The predicted octanol–water partition coefficient (Wildman–Crippen LogP) is 2.15. The van der Waals surface area contributed by atoms with E-state index < -0.39 is 11.8 Å². The molecule has 0 saturated heterocycles. The van der Waals surface area contributed by atoms with Crippen LogP contribution in [0.15, 0.2) is 42.5 Å². The average molecular weight is 324 g/mol. The van der Waals surface area contributed by atoms with Crippen molar-refractivity contribution in [2.45, 2.75) is 12.8 Å². The van der Waals surface area contributed by atoms with E-state index in [2.05, 4.69) is 10.6 Å². The average Bonchev–Trinajstić information content (AvgIpc) is 2.87. The first-order chi connectivity index (χ1) is 11.6. The second-order valence-corrected chi connectivity index (χ2v) is 5.44. The van der Waals surface area contributed by atoms with E-state index in [0.29, 0.717) is 24.1 Å². The van der Waals surface area contributed by atoms with Gasteiger partial charge in [-0.2, -0.15) is 0 Å². The molecule has 3 amide bonds. The van der Waals surface area contributed by atoms with E-state index in [4.69, 9.17) is 4.74 Å². The number of rotatable bonds is 5. The van der Waals surface area contributed by atoms with Gasteiger partial charge in [0.15, 0.2) is 0 Å². The lowest BCUT2D eigenvalue weighted by Crippen LogP contribution is -2.19. The summed E-state index contributed by atoms with van der Waals surface area (Å²) in [6.07, 6.45) is 0.911. The lowest BCUT2D eigenvalue weighted by molar-refractivity contribution is -0.116. The van der Waals surface area contributed by atoms with Crippen LogP contribution in [0.2, 0.25) is 0 Å². The molecule has 0 aliphatic carbocycles. The highest BCUT2D eigenvalue weighted by Gasteiger charge is 2.26. The molecule has 24 heavy (non-hydrogen) atoms. The summed E-state index contributed by atoms with van der Waals surface area (Å²) in [5, 5.41) is 4.96. The molecule has 0 atom stereocenters. The second-order valence-electron chi connectivity index (χ2n) is 5.44. The van der Waals surface area contributed by atoms with Gasteiger partial charge in [0.1, 0.15) is 5.75 Å². The molecule has 1 aliphatic heterocycles. The maximum Gasteiger partial charge on any atom is 0.259 e. The highest BCUT2D eigenvalue weighted by molar-refractivity contribution is 6.22. The fourth-order valence-electron chi connectivity index (χ4n) is 2.52. The molecule has 0 aromatic heterocycles. The van der Waals surface area contributed by atoms with Crippen molar-refractivity contribution in [1.82, 2.24) is 5.32 Å². The number of hydrogen-bond acceptors (Lipinski definition) is 4. The minimum Gasteiger partial charge on any atom is -0.497 e. The summed E-state index contributed by atoms with van der Waals surface area (Å²) in [5.41, 5.74) is 2.15. The molecule has 2 aromatic rings. The molecule has 2 aromatic carbocycles. The Bertz CT molecular complexity index is 812. The summed E-state index contributed by atoms with van der Waals surface area (Å²) in [6, 6.07) is 12.2. The van der Waals surface area contributed by atoms with Crippen LogP contribution in [-0.2, 0) is 11.2 Å². The number of amides is 3. The lowest BCUT2D eigenvalue weighted by Gasteiger charge is -2.07. The van der Waals surface area contributed by atoms with Crippen molar-refractivity contribution in [2.24, 2.45) is 0 Å². The van der Waals surface area contributed by atoms with E-state index >= 15 is 0 Å². The molecule has 2 N–H and O–H groups in total. The number of imide groups is 1. The van der Waals surface area contributed by atoms with E-state index in [1.165, 1.54) is 12.1 Å². The van der Waals surface area contributed by atoms with Crippen LogP contribution in [0.3, 0.4) is 0 Å². The SMILES string of the molecule is COc1ccc(CCC(=O)Nc2ccc3c(c2)C(=O)NC3=O)cc1. The molecule has 122 valence electrons. The molecule has 0 unspecified atom stereocenters. The summed E-state index contributed by atoms with van der Waals surface area (Å²) >= 11 is 0. The number of ether oxygens (including phenoxy) is 1. The van der Waals surface area contributed by atoms with Crippen molar-refractivity contribution in [3.05, 3.63) is 59.2 Å². The molecule has 0 radical (unpaired) electrons. The third kappa shape index (κ3) is 3.27. The molecule has 1 heterocycles. The van der Waals surface area contributed by atoms with E-state index in [9.17, 15) is 14.4 Å². The number of nitrogens with one attached hydrogen (secondary N) is 2. The van der Waals surface area contributed by atoms with Crippen molar-refractivity contribution in [2.75, 3.05) is 12.4 Å². The van der Waals surface area contributed by atoms with Gasteiger partial charge in [0.25, 0.3) is 11.8 Å². The van der Waals surface area contributed by atoms with E-state index in [0.717, 1.165) is 11.3 Å². The van der Waals surface area contributed by atoms with Crippen molar-refractivity contribution in [3.63, 3.8) is 0 Å². The maximum atomic E-state index is 12.1. The van der Waals surface area contributed by atoms with Crippen molar-refractivity contribution in [1.29, 1.82) is 0 Å². The summed E-state index contributed by atoms with van der Waals surface area (Å²) in [7, 11) is 1.60. The third-order valence-electron chi connectivity index (χ3n) is 3.82. The largest absolute Gasteiger partial charge is 0.497 e. The van der Waals surface area contributed by atoms with Gasteiger partial charge in [0.2, 0.25) is 5.91 Å². The molecule has 6 heteroatoms. The maximum absolute atomic E-state index is 12.1. The number of fused-ring (bicyclic) bond motifs is 1. The molecular formula is C18H16N2O4. The summed E-state index contributed by atoms with van der Waals surface area (Å²) < 4.78 is 5.09. The Hall–Kier alpha value is -3.15. The molecule has 6 nitrogen and oxygen atoms in total. The second kappa shape index (κ2) is 6.54. The Morgan fingerprint density at radius 3 is 2.46 bits per heavy atom. The van der Waals surface area contributed by atoms with Crippen molar-refractivity contribution in [3.8, 4) is 5.75 Å². The van der Waals surface area contributed by atoms with Crippen LogP contribution in [-0.4, -0.2) is 24.8 Å². The summed E-state index contributed by atoms with van der Waals surface area (Å²) in [5.74, 6) is -0.235. The van der Waals surface area contributed by atoms with Gasteiger partial charge in [-0.15, -0.1) is 0 Å². The minimum atomic E-state index is -0.440. The monoisotopic (exact) mass is 324 g/mol. The fourth-order valence-corrected chi connectivity index (χ4v) is 2.52. The zero-order valence-electron chi connectivity index (χ0n) is 13.1.